The van der Waals surface area contributed by atoms with Gasteiger partial charge in [-0.05, 0) is 26.3 Å². The van der Waals surface area contributed by atoms with Gasteiger partial charge >= 0.3 is 0 Å². The van der Waals surface area contributed by atoms with E-state index in [1.54, 1.807) is 0 Å². The van der Waals surface area contributed by atoms with Gasteiger partial charge in [-0.25, -0.2) is 0 Å². The van der Waals surface area contributed by atoms with Gasteiger partial charge in [-0.15, -0.1) is 0 Å². The van der Waals surface area contributed by atoms with Crippen LogP contribution in [0.3, 0.4) is 0 Å². The van der Waals surface area contributed by atoms with Gasteiger partial charge in [0.2, 0.25) is 0 Å². The molecule has 5 heteroatoms. The lowest BCUT2D eigenvalue weighted by Crippen LogP contribution is -2.53. The summed E-state index contributed by atoms with van der Waals surface area (Å²) in [5.74, 6) is 3.19. The number of aliphatic imine (C=N–C) groups is 1. The average Bonchev–Trinajstić information content (AvgIpc) is 2.75. The minimum Gasteiger partial charge on any atom is -0.370 e. The van der Waals surface area contributed by atoms with Crippen molar-refractivity contribution in [1.82, 2.24) is 9.80 Å². The molecule has 0 aromatic heterocycles. The quantitative estimate of drug-likeness (QED) is 0.741. The Morgan fingerprint density at radius 1 is 1.60 bits per heavy atom. The molecule has 1 spiro atoms. The zero-order valence-corrected chi connectivity index (χ0v) is 10.4. The molecule has 86 valence electrons. The van der Waals surface area contributed by atoms with Crippen LogP contribution >= 0.6 is 11.8 Å². The van der Waals surface area contributed by atoms with Crippen LogP contribution in [0.15, 0.2) is 4.99 Å². The summed E-state index contributed by atoms with van der Waals surface area (Å²) in [6.07, 6.45) is 1.23. The number of nitrogens with zero attached hydrogens (tertiary/aromatic N) is 3. The van der Waals surface area contributed by atoms with E-state index in [2.05, 4.69) is 28.9 Å². The normalized spacial score (nSPS) is 30.6. The van der Waals surface area contributed by atoms with E-state index in [1.165, 1.54) is 17.9 Å². The Labute approximate surface area is 95.9 Å². The van der Waals surface area contributed by atoms with Crippen molar-refractivity contribution in [3.8, 4) is 0 Å². The Morgan fingerprint density at radius 2 is 2.40 bits per heavy atom. The predicted octanol–water partition coefficient (Wildman–Crippen LogP) is 0.0540. The van der Waals surface area contributed by atoms with Crippen LogP contribution in [0.5, 0.6) is 0 Å². The van der Waals surface area contributed by atoms with Crippen LogP contribution in [0.2, 0.25) is 0 Å². The fourth-order valence-electron chi connectivity index (χ4n) is 2.23. The number of guanidine groups is 1. The van der Waals surface area contributed by atoms with Crippen molar-refractivity contribution in [2.45, 2.75) is 12.0 Å². The molecule has 0 bridgehead atoms. The van der Waals surface area contributed by atoms with Crippen LogP contribution < -0.4 is 5.73 Å². The molecule has 2 aliphatic heterocycles. The number of hydrogen-bond acceptors (Lipinski definition) is 5. The molecule has 0 saturated carbocycles. The summed E-state index contributed by atoms with van der Waals surface area (Å²) < 4.78 is 0. The first kappa shape index (κ1) is 11.1. The number of hydrogen-bond donors (Lipinski definition) is 1. The molecule has 0 aromatic carbocycles. The van der Waals surface area contributed by atoms with Gasteiger partial charge in [-0.3, -0.25) is 4.99 Å². The van der Waals surface area contributed by atoms with Crippen LogP contribution in [0.1, 0.15) is 6.42 Å². The minimum atomic E-state index is 0.255. The molecule has 1 atom stereocenters. The fourth-order valence-corrected chi connectivity index (χ4v) is 3.67. The molecule has 0 aliphatic carbocycles. The van der Waals surface area contributed by atoms with Crippen molar-refractivity contribution in [2.24, 2.45) is 10.7 Å². The van der Waals surface area contributed by atoms with Gasteiger partial charge in [0, 0.05) is 18.8 Å². The largest absolute Gasteiger partial charge is 0.370 e. The molecule has 1 unspecified atom stereocenters. The highest BCUT2D eigenvalue weighted by Crippen LogP contribution is 2.36. The summed E-state index contributed by atoms with van der Waals surface area (Å²) in [5, 5.41) is 0. The van der Waals surface area contributed by atoms with Gasteiger partial charge < -0.3 is 15.5 Å². The van der Waals surface area contributed by atoms with Crippen molar-refractivity contribution in [3.05, 3.63) is 0 Å². The lowest BCUT2D eigenvalue weighted by molar-refractivity contribution is 0.210. The van der Waals surface area contributed by atoms with E-state index in [-0.39, 0.29) is 5.54 Å². The molecular formula is C10H20N4S. The highest BCUT2D eigenvalue weighted by molar-refractivity contribution is 7.99. The second-order valence-corrected chi connectivity index (χ2v) is 5.76. The zero-order chi connectivity index (χ0) is 10.9. The van der Waals surface area contributed by atoms with E-state index in [9.17, 15) is 0 Å². The standard InChI is InChI=1S/C10H20N4S/c1-13(2)4-5-14-9(11)12-7-10(14)3-6-15-8-10/h3-8H2,1-2H3,(H2,11,12). The third kappa shape index (κ3) is 2.08. The van der Waals surface area contributed by atoms with Gasteiger partial charge in [0.05, 0.1) is 12.1 Å². The second kappa shape index (κ2) is 4.22. The molecule has 1 fully saturated rings. The maximum Gasteiger partial charge on any atom is 0.191 e. The van der Waals surface area contributed by atoms with E-state index >= 15 is 0 Å². The first-order valence-corrected chi connectivity index (χ1v) is 6.60. The molecule has 2 N–H and O–H groups in total. The first-order chi connectivity index (χ1) is 7.14. The Bertz CT molecular complexity index is 258. The molecule has 2 rings (SSSR count). The SMILES string of the molecule is CN(C)CCN1C(N)=NCC12CCSC2. The predicted molar refractivity (Wildman–Crippen MR) is 66.4 cm³/mol. The van der Waals surface area contributed by atoms with Crippen LogP contribution in [-0.4, -0.2) is 66.5 Å². The van der Waals surface area contributed by atoms with Gasteiger partial charge in [-0.1, -0.05) is 0 Å². The Hall–Kier alpha value is -0.420. The number of thioether (sulfide) groups is 1. The topological polar surface area (TPSA) is 44.9 Å². The Morgan fingerprint density at radius 3 is 3.00 bits per heavy atom. The smallest absolute Gasteiger partial charge is 0.191 e. The highest BCUT2D eigenvalue weighted by Gasteiger charge is 2.44. The highest BCUT2D eigenvalue weighted by atomic mass is 32.2. The molecule has 2 aliphatic rings. The van der Waals surface area contributed by atoms with E-state index < -0.39 is 0 Å². The van der Waals surface area contributed by atoms with E-state index in [1.807, 2.05) is 11.8 Å². The van der Waals surface area contributed by atoms with Crippen LogP contribution in [-0.2, 0) is 0 Å². The second-order valence-electron chi connectivity index (χ2n) is 4.66. The average molecular weight is 228 g/mol. The zero-order valence-electron chi connectivity index (χ0n) is 9.57. The molecular weight excluding hydrogens is 208 g/mol. The van der Waals surface area contributed by atoms with Crippen LogP contribution in [0, 0.1) is 0 Å². The van der Waals surface area contributed by atoms with Crippen molar-refractivity contribution in [2.75, 3.05) is 45.2 Å². The van der Waals surface area contributed by atoms with Crippen molar-refractivity contribution in [3.63, 3.8) is 0 Å². The first-order valence-electron chi connectivity index (χ1n) is 5.44. The summed E-state index contributed by atoms with van der Waals surface area (Å²) in [6, 6.07) is 0. The maximum absolute atomic E-state index is 5.97. The minimum absolute atomic E-state index is 0.255. The van der Waals surface area contributed by atoms with Crippen molar-refractivity contribution in [1.29, 1.82) is 0 Å². The molecule has 0 radical (unpaired) electrons. The number of nitrogens with two attached hydrogens (primary N) is 1. The lowest BCUT2D eigenvalue weighted by atomic mass is 9.98. The summed E-state index contributed by atoms with van der Waals surface area (Å²) in [7, 11) is 4.19. The summed E-state index contributed by atoms with van der Waals surface area (Å²) in [4.78, 5) is 8.94. The van der Waals surface area contributed by atoms with Crippen LogP contribution in [0.25, 0.3) is 0 Å². The van der Waals surface area contributed by atoms with Gasteiger partial charge in [0.15, 0.2) is 5.96 Å². The monoisotopic (exact) mass is 228 g/mol. The molecule has 0 aromatic rings. The molecule has 0 amide bonds. The summed E-state index contributed by atoms with van der Waals surface area (Å²) >= 11 is 2.03. The van der Waals surface area contributed by atoms with E-state index in [4.69, 9.17) is 5.73 Å². The van der Waals surface area contributed by atoms with E-state index in [0.29, 0.717) is 0 Å². The molecule has 4 nitrogen and oxygen atoms in total. The Kier molecular flexibility index (Phi) is 3.11. The van der Waals surface area contributed by atoms with E-state index in [0.717, 1.165) is 25.6 Å². The fraction of sp³-hybridized carbons (Fsp3) is 0.900. The van der Waals surface area contributed by atoms with Crippen LogP contribution in [0.4, 0.5) is 0 Å². The van der Waals surface area contributed by atoms with Gasteiger partial charge in [-0.2, -0.15) is 11.8 Å². The van der Waals surface area contributed by atoms with Gasteiger partial charge in [0.1, 0.15) is 0 Å². The maximum atomic E-state index is 5.97. The Balaban J connectivity index is 2.01. The third-order valence-electron chi connectivity index (χ3n) is 3.24. The molecule has 2 heterocycles. The third-order valence-corrected chi connectivity index (χ3v) is 4.47. The summed E-state index contributed by atoms with van der Waals surface area (Å²) in [6.45, 7) is 2.95. The lowest BCUT2D eigenvalue weighted by Gasteiger charge is -2.36. The molecule has 15 heavy (non-hydrogen) atoms. The van der Waals surface area contributed by atoms with Crippen molar-refractivity contribution < 1.29 is 0 Å². The van der Waals surface area contributed by atoms with Crippen molar-refractivity contribution >= 4 is 17.7 Å². The van der Waals surface area contributed by atoms with Gasteiger partial charge in [0.25, 0.3) is 0 Å². The summed E-state index contributed by atoms with van der Waals surface area (Å²) in [5.41, 5.74) is 6.22. The number of rotatable bonds is 3. The number of likely N-dealkylation sites (N-methyl/N-ethyl adjacent to an activating group) is 1. The molecule has 1 saturated heterocycles.